The lowest BCUT2D eigenvalue weighted by Crippen LogP contribution is -2.36. The van der Waals surface area contributed by atoms with Crippen molar-refractivity contribution in [3.63, 3.8) is 0 Å². The van der Waals surface area contributed by atoms with Gasteiger partial charge in [0.05, 0.1) is 20.8 Å². The second kappa shape index (κ2) is 9.44. The Balaban J connectivity index is 2.61. The molecule has 0 atom stereocenters. The highest BCUT2D eigenvalue weighted by Gasteiger charge is 2.07. The van der Waals surface area contributed by atoms with Crippen molar-refractivity contribution in [3.8, 4) is 11.5 Å². The first-order valence-corrected chi connectivity index (χ1v) is 7.06. The predicted octanol–water partition coefficient (Wildman–Crippen LogP) is 1.36. The highest BCUT2D eigenvalue weighted by Crippen LogP contribution is 2.31. The molecule has 6 heteroatoms. The van der Waals surface area contributed by atoms with Gasteiger partial charge in [0.25, 0.3) is 0 Å². The average Bonchev–Trinajstić information content (AvgIpc) is 2.55. The van der Waals surface area contributed by atoms with Crippen LogP contribution in [0.5, 0.6) is 11.5 Å². The van der Waals surface area contributed by atoms with Gasteiger partial charge in [-0.05, 0) is 18.6 Å². The smallest absolute Gasteiger partial charge is 0.244 e. The van der Waals surface area contributed by atoms with Gasteiger partial charge in [0, 0.05) is 18.2 Å². The van der Waals surface area contributed by atoms with E-state index in [0.717, 1.165) is 6.42 Å². The monoisotopic (exact) mass is 306 g/mol. The first kappa shape index (κ1) is 17.6. The third kappa shape index (κ3) is 5.47. The highest BCUT2D eigenvalue weighted by molar-refractivity contribution is 5.94. The van der Waals surface area contributed by atoms with E-state index < -0.39 is 0 Å². The lowest BCUT2D eigenvalue weighted by atomic mass is 10.1. The summed E-state index contributed by atoms with van der Waals surface area (Å²) in [5.41, 5.74) is 0.715. The lowest BCUT2D eigenvalue weighted by molar-refractivity contribution is -0.123. The van der Waals surface area contributed by atoms with Gasteiger partial charge in [0.15, 0.2) is 11.5 Å². The summed E-state index contributed by atoms with van der Waals surface area (Å²) >= 11 is 0. The van der Waals surface area contributed by atoms with Gasteiger partial charge >= 0.3 is 0 Å². The minimum atomic E-state index is -0.350. The van der Waals surface area contributed by atoms with Crippen molar-refractivity contribution in [3.05, 3.63) is 29.8 Å². The number of amides is 2. The van der Waals surface area contributed by atoms with Gasteiger partial charge in [-0.3, -0.25) is 9.59 Å². The number of methoxy groups -OCH3 is 2. The zero-order valence-electron chi connectivity index (χ0n) is 13.1. The molecule has 2 N–H and O–H groups in total. The van der Waals surface area contributed by atoms with Crippen molar-refractivity contribution < 1.29 is 19.1 Å². The van der Waals surface area contributed by atoms with Crippen molar-refractivity contribution in [2.75, 3.05) is 27.3 Å². The average molecular weight is 306 g/mol. The Labute approximate surface area is 130 Å². The first-order chi connectivity index (χ1) is 10.6. The molecule has 0 aliphatic carbocycles. The maximum absolute atomic E-state index is 11.7. The van der Waals surface area contributed by atoms with E-state index in [0.29, 0.717) is 23.6 Å². The van der Waals surface area contributed by atoms with E-state index >= 15 is 0 Å². The van der Waals surface area contributed by atoms with Gasteiger partial charge in [-0.15, -0.1) is 0 Å². The molecular weight excluding hydrogens is 284 g/mol. The van der Waals surface area contributed by atoms with Crippen LogP contribution in [-0.2, 0) is 9.59 Å². The van der Waals surface area contributed by atoms with Crippen LogP contribution < -0.4 is 20.1 Å². The molecule has 0 aromatic heterocycles. The van der Waals surface area contributed by atoms with E-state index in [-0.39, 0.29) is 18.4 Å². The molecule has 0 radical (unpaired) electrons. The molecule has 22 heavy (non-hydrogen) atoms. The Morgan fingerprint density at radius 2 is 1.95 bits per heavy atom. The molecule has 1 aromatic carbocycles. The van der Waals surface area contributed by atoms with Crippen molar-refractivity contribution in [1.29, 1.82) is 0 Å². The van der Waals surface area contributed by atoms with Crippen LogP contribution in [0.2, 0.25) is 0 Å². The first-order valence-electron chi connectivity index (χ1n) is 7.06. The fourth-order valence-electron chi connectivity index (χ4n) is 1.76. The molecule has 0 unspecified atom stereocenters. The molecule has 0 saturated heterocycles. The van der Waals surface area contributed by atoms with Crippen molar-refractivity contribution in [2.24, 2.45) is 0 Å². The van der Waals surface area contributed by atoms with Crippen molar-refractivity contribution >= 4 is 17.9 Å². The molecule has 0 spiro atoms. The molecule has 0 heterocycles. The van der Waals surface area contributed by atoms with Crippen LogP contribution in [0, 0.1) is 0 Å². The van der Waals surface area contributed by atoms with Crippen LogP contribution in [0.4, 0.5) is 0 Å². The number of rotatable bonds is 8. The number of hydrogen-bond acceptors (Lipinski definition) is 4. The molecule has 0 aliphatic rings. The molecular formula is C16H22N2O4. The Kier molecular flexibility index (Phi) is 7.53. The minimum Gasteiger partial charge on any atom is -0.493 e. The second-order valence-electron chi connectivity index (χ2n) is 4.48. The van der Waals surface area contributed by atoms with Crippen LogP contribution in [0.25, 0.3) is 6.08 Å². The standard InChI is InChI=1S/C16H22N2O4/c1-4-10-17-15(20)11-18-14(19)9-8-12-6-5-7-13(21-2)16(12)22-3/h5-9H,4,10-11H2,1-3H3,(H,17,20)(H,18,19)/b9-8+. The number of hydrogen-bond donors (Lipinski definition) is 2. The van der Waals surface area contributed by atoms with E-state index in [2.05, 4.69) is 10.6 Å². The highest BCUT2D eigenvalue weighted by atomic mass is 16.5. The van der Waals surface area contributed by atoms with Gasteiger partial charge in [-0.25, -0.2) is 0 Å². The zero-order valence-corrected chi connectivity index (χ0v) is 13.1. The quantitative estimate of drug-likeness (QED) is 0.711. The molecule has 1 rings (SSSR count). The number of ether oxygens (including phenoxy) is 2. The number of carbonyl (C=O) groups is 2. The Hall–Kier alpha value is -2.50. The van der Waals surface area contributed by atoms with E-state index in [1.807, 2.05) is 6.92 Å². The zero-order chi connectivity index (χ0) is 16.4. The topological polar surface area (TPSA) is 76.7 Å². The maximum atomic E-state index is 11.7. The van der Waals surface area contributed by atoms with Crippen molar-refractivity contribution in [2.45, 2.75) is 13.3 Å². The molecule has 0 aliphatic heterocycles. The molecule has 0 bridgehead atoms. The largest absolute Gasteiger partial charge is 0.493 e. The Morgan fingerprint density at radius 1 is 1.18 bits per heavy atom. The van der Waals surface area contributed by atoms with Crippen LogP contribution in [-0.4, -0.2) is 39.1 Å². The second-order valence-corrected chi connectivity index (χ2v) is 4.48. The molecule has 6 nitrogen and oxygen atoms in total. The summed E-state index contributed by atoms with van der Waals surface area (Å²) < 4.78 is 10.5. The number of carbonyl (C=O) groups excluding carboxylic acids is 2. The summed E-state index contributed by atoms with van der Waals surface area (Å²) in [6.45, 7) is 2.52. The van der Waals surface area contributed by atoms with Gasteiger partial charge < -0.3 is 20.1 Å². The minimum absolute atomic E-state index is 0.0432. The fourth-order valence-corrected chi connectivity index (χ4v) is 1.76. The Morgan fingerprint density at radius 3 is 2.59 bits per heavy atom. The van der Waals surface area contributed by atoms with Gasteiger partial charge in [0.1, 0.15) is 0 Å². The summed E-state index contributed by atoms with van der Waals surface area (Å²) in [5, 5.41) is 5.20. The van der Waals surface area contributed by atoms with Crippen LogP contribution in [0.3, 0.4) is 0 Å². The summed E-state index contributed by atoms with van der Waals surface area (Å²) in [6, 6.07) is 5.38. The van der Waals surface area contributed by atoms with Crippen LogP contribution >= 0.6 is 0 Å². The van der Waals surface area contributed by atoms with E-state index in [9.17, 15) is 9.59 Å². The van der Waals surface area contributed by atoms with Crippen LogP contribution in [0.1, 0.15) is 18.9 Å². The normalized spacial score (nSPS) is 10.3. The summed E-state index contributed by atoms with van der Waals surface area (Å²) in [4.78, 5) is 23.1. The summed E-state index contributed by atoms with van der Waals surface area (Å²) in [6.07, 6.45) is 3.82. The molecule has 2 amide bonds. The van der Waals surface area contributed by atoms with Gasteiger partial charge in [-0.1, -0.05) is 19.1 Å². The third-order valence-corrected chi connectivity index (χ3v) is 2.84. The van der Waals surface area contributed by atoms with Crippen LogP contribution in [0.15, 0.2) is 24.3 Å². The predicted molar refractivity (Wildman–Crippen MR) is 84.9 cm³/mol. The number of para-hydroxylation sites is 1. The lowest BCUT2D eigenvalue weighted by Gasteiger charge is -2.09. The number of nitrogens with one attached hydrogen (secondary N) is 2. The molecule has 120 valence electrons. The number of benzene rings is 1. The summed E-state index contributed by atoms with van der Waals surface area (Å²) in [5.74, 6) is 0.581. The fraction of sp³-hybridized carbons (Fsp3) is 0.375. The van der Waals surface area contributed by atoms with E-state index in [4.69, 9.17) is 9.47 Å². The SMILES string of the molecule is CCCNC(=O)CNC(=O)/C=C/c1cccc(OC)c1OC. The molecule has 0 fully saturated rings. The summed E-state index contributed by atoms with van der Waals surface area (Å²) in [7, 11) is 3.08. The maximum Gasteiger partial charge on any atom is 0.244 e. The van der Waals surface area contributed by atoms with Gasteiger partial charge in [0.2, 0.25) is 11.8 Å². The third-order valence-electron chi connectivity index (χ3n) is 2.84. The van der Waals surface area contributed by atoms with E-state index in [1.165, 1.54) is 13.2 Å². The van der Waals surface area contributed by atoms with Gasteiger partial charge in [-0.2, -0.15) is 0 Å². The van der Waals surface area contributed by atoms with Crippen molar-refractivity contribution in [1.82, 2.24) is 10.6 Å². The Bertz CT molecular complexity index is 541. The van der Waals surface area contributed by atoms with E-state index in [1.54, 1.807) is 31.4 Å². The molecule has 1 aromatic rings. The molecule has 0 saturated carbocycles.